The van der Waals surface area contributed by atoms with Gasteiger partial charge in [-0.3, -0.25) is 9.89 Å². The van der Waals surface area contributed by atoms with E-state index in [-0.39, 0.29) is 11.9 Å². The van der Waals surface area contributed by atoms with Crippen molar-refractivity contribution in [2.24, 2.45) is 5.73 Å². The number of amides is 1. The summed E-state index contributed by atoms with van der Waals surface area (Å²) < 4.78 is 1.83. The lowest BCUT2D eigenvalue weighted by Gasteiger charge is -2.25. The topological polar surface area (TPSA) is 92.8 Å². The summed E-state index contributed by atoms with van der Waals surface area (Å²) in [4.78, 5) is 15.0. The van der Waals surface area contributed by atoms with Gasteiger partial charge in [0.05, 0.1) is 17.6 Å². The Labute approximate surface area is 158 Å². The van der Waals surface area contributed by atoms with Crippen molar-refractivity contribution in [2.75, 3.05) is 0 Å². The van der Waals surface area contributed by atoms with Gasteiger partial charge >= 0.3 is 0 Å². The van der Waals surface area contributed by atoms with Crippen molar-refractivity contribution in [2.45, 2.75) is 45.3 Å². The minimum Gasteiger partial charge on any atom is -0.334 e. The van der Waals surface area contributed by atoms with Crippen LogP contribution in [0.4, 0.5) is 0 Å². The second kappa shape index (κ2) is 7.00. The average molecular weight is 364 g/mol. The molecule has 0 radical (unpaired) electrons. The number of H-pyrrole nitrogens is 1. The molecule has 2 aromatic heterocycles. The van der Waals surface area contributed by atoms with Crippen LogP contribution in [0.3, 0.4) is 0 Å². The van der Waals surface area contributed by atoms with Gasteiger partial charge in [-0.05, 0) is 38.8 Å². The zero-order chi connectivity index (χ0) is 19.0. The average Bonchev–Trinajstić information content (AvgIpc) is 3.32. The lowest BCUT2D eigenvalue weighted by molar-refractivity contribution is -0.134. The summed E-state index contributed by atoms with van der Waals surface area (Å²) in [5, 5.41) is 11.5. The van der Waals surface area contributed by atoms with Crippen molar-refractivity contribution in [3.8, 4) is 5.69 Å². The fraction of sp³-hybridized carbons (Fsp3) is 0.350. The summed E-state index contributed by atoms with van der Waals surface area (Å²) in [5.74, 6) is -0.0578. The van der Waals surface area contributed by atoms with E-state index in [1.165, 1.54) is 0 Å². The number of nitrogens with zero attached hydrogens (tertiary/aromatic N) is 4. The van der Waals surface area contributed by atoms with Crippen molar-refractivity contribution in [3.63, 3.8) is 0 Å². The van der Waals surface area contributed by atoms with Gasteiger partial charge in [0.15, 0.2) is 0 Å². The normalized spacial score (nSPS) is 14.9. The molecule has 3 aromatic rings. The Kier molecular flexibility index (Phi) is 4.53. The summed E-state index contributed by atoms with van der Waals surface area (Å²) in [6.45, 7) is 4.28. The molecule has 0 spiro atoms. The summed E-state index contributed by atoms with van der Waals surface area (Å²) >= 11 is 0. The van der Waals surface area contributed by atoms with Crippen LogP contribution >= 0.6 is 0 Å². The molecular weight excluding hydrogens is 340 g/mol. The van der Waals surface area contributed by atoms with Crippen LogP contribution in [0.2, 0.25) is 0 Å². The zero-order valence-electron chi connectivity index (χ0n) is 15.6. The van der Waals surface area contributed by atoms with Crippen LogP contribution in [-0.2, 0) is 11.3 Å². The molecule has 4 rings (SSSR count). The van der Waals surface area contributed by atoms with E-state index in [2.05, 4.69) is 15.3 Å². The van der Waals surface area contributed by atoms with Crippen LogP contribution in [0, 0.1) is 13.8 Å². The third kappa shape index (κ3) is 3.50. The first kappa shape index (κ1) is 17.5. The van der Waals surface area contributed by atoms with E-state index >= 15 is 0 Å². The first-order chi connectivity index (χ1) is 13.0. The van der Waals surface area contributed by atoms with E-state index in [0.717, 1.165) is 41.0 Å². The van der Waals surface area contributed by atoms with E-state index in [4.69, 9.17) is 5.73 Å². The number of carbonyl (C=O) groups excluding carboxylic acids is 1. The minimum atomic E-state index is -0.700. The van der Waals surface area contributed by atoms with Gasteiger partial charge in [-0.1, -0.05) is 18.2 Å². The lowest BCUT2D eigenvalue weighted by atomic mass is 10.0. The Hall–Kier alpha value is -2.93. The molecule has 7 nitrogen and oxygen atoms in total. The molecule has 1 amide bonds. The molecule has 1 aromatic carbocycles. The molecule has 27 heavy (non-hydrogen) atoms. The molecule has 140 valence electrons. The summed E-state index contributed by atoms with van der Waals surface area (Å²) in [6.07, 6.45) is 5.83. The number of aromatic nitrogens is 4. The van der Waals surface area contributed by atoms with Crippen LogP contribution < -0.4 is 5.73 Å². The standard InChI is InChI=1S/C20H24N6O/c1-13-18(14(2)24-23-13)19(21)20(27)25(16-8-9-16)11-15-10-22-26(12-15)17-6-4-3-5-7-17/h3-7,10,12,16,19H,8-9,11,21H2,1-2H3,(H,23,24)/t19-/m0/s1. The Morgan fingerprint density at radius 3 is 2.70 bits per heavy atom. The Bertz CT molecular complexity index is 921. The van der Waals surface area contributed by atoms with Crippen molar-refractivity contribution in [3.05, 3.63) is 65.2 Å². The predicted octanol–water partition coefficient (Wildman–Crippen LogP) is 2.40. The van der Waals surface area contributed by atoms with Gasteiger partial charge in [-0.15, -0.1) is 0 Å². The molecule has 0 saturated heterocycles. The fourth-order valence-electron chi connectivity index (χ4n) is 3.45. The first-order valence-corrected chi connectivity index (χ1v) is 9.21. The number of carbonyl (C=O) groups is 1. The number of hydrogen-bond acceptors (Lipinski definition) is 4. The number of aromatic amines is 1. The second-order valence-corrected chi connectivity index (χ2v) is 7.15. The maximum absolute atomic E-state index is 13.1. The smallest absolute Gasteiger partial charge is 0.244 e. The number of aryl methyl sites for hydroxylation is 2. The van der Waals surface area contributed by atoms with E-state index in [0.29, 0.717) is 6.54 Å². The molecule has 7 heteroatoms. The number of nitrogens with two attached hydrogens (primary N) is 1. The van der Waals surface area contributed by atoms with Gasteiger partial charge in [-0.2, -0.15) is 10.2 Å². The second-order valence-electron chi connectivity index (χ2n) is 7.15. The van der Waals surface area contributed by atoms with Crippen LogP contribution in [0.15, 0.2) is 42.7 Å². The van der Waals surface area contributed by atoms with E-state index in [9.17, 15) is 4.79 Å². The zero-order valence-corrected chi connectivity index (χ0v) is 15.6. The van der Waals surface area contributed by atoms with Crippen LogP contribution in [0.5, 0.6) is 0 Å². The highest BCUT2D eigenvalue weighted by molar-refractivity contribution is 5.84. The highest BCUT2D eigenvalue weighted by Crippen LogP contribution is 2.31. The van der Waals surface area contributed by atoms with Crippen LogP contribution in [-0.4, -0.2) is 36.8 Å². The molecule has 1 aliphatic rings. The monoisotopic (exact) mass is 364 g/mol. The molecule has 0 unspecified atom stereocenters. The summed E-state index contributed by atoms with van der Waals surface area (Å²) in [5.41, 5.74) is 10.7. The SMILES string of the molecule is Cc1n[nH]c(C)c1[C@H](N)C(=O)N(Cc1cnn(-c2ccccc2)c1)C1CC1. The van der Waals surface area contributed by atoms with Crippen LogP contribution in [0.25, 0.3) is 5.69 Å². The fourth-order valence-corrected chi connectivity index (χ4v) is 3.45. The highest BCUT2D eigenvalue weighted by Gasteiger charge is 2.36. The van der Waals surface area contributed by atoms with E-state index in [1.807, 2.05) is 66.2 Å². The lowest BCUT2D eigenvalue weighted by Crippen LogP contribution is -2.39. The van der Waals surface area contributed by atoms with Crippen molar-refractivity contribution in [1.29, 1.82) is 0 Å². The quantitative estimate of drug-likeness (QED) is 0.702. The Balaban J connectivity index is 1.54. The van der Waals surface area contributed by atoms with Gasteiger partial charge in [-0.25, -0.2) is 4.68 Å². The molecule has 0 bridgehead atoms. The summed E-state index contributed by atoms with van der Waals surface area (Å²) in [7, 11) is 0. The third-order valence-corrected chi connectivity index (χ3v) is 5.04. The number of hydrogen-bond donors (Lipinski definition) is 2. The molecule has 1 atom stereocenters. The largest absolute Gasteiger partial charge is 0.334 e. The van der Waals surface area contributed by atoms with Crippen molar-refractivity contribution in [1.82, 2.24) is 24.9 Å². The van der Waals surface area contributed by atoms with Gasteiger partial charge < -0.3 is 10.6 Å². The molecule has 3 N–H and O–H groups in total. The highest BCUT2D eigenvalue weighted by atomic mass is 16.2. The molecular formula is C20H24N6O. The third-order valence-electron chi connectivity index (χ3n) is 5.04. The number of benzene rings is 1. The molecule has 1 saturated carbocycles. The van der Waals surface area contributed by atoms with Crippen LogP contribution in [0.1, 0.15) is 41.4 Å². The van der Waals surface area contributed by atoms with Crippen molar-refractivity contribution >= 4 is 5.91 Å². The first-order valence-electron chi connectivity index (χ1n) is 9.21. The van der Waals surface area contributed by atoms with Gasteiger partial charge in [0.1, 0.15) is 6.04 Å². The molecule has 1 fully saturated rings. The van der Waals surface area contributed by atoms with E-state index < -0.39 is 6.04 Å². The number of rotatable bonds is 6. The van der Waals surface area contributed by atoms with Gasteiger partial charge in [0, 0.05) is 35.6 Å². The molecule has 2 heterocycles. The predicted molar refractivity (Wildman–Crippen MR) is 102 cm³/mol. The maximum Gasteiger partial charge on any atom is 0.244 e. The maximum atomic E-state index is 13.1. The molecule has 0 aliphatic heterocycles. The number of para-hydroxylation sites is 1. The Morgan fingerprint density at radius 1 is 1.33 bits per heavy atom. The molecule has 1 aliphatic carbocycles. The van der Waals surface area contributed by atoms with Gasteiger partial charge in [0.25, 0.3) is 0 Å². The number of nitrogens with one attached hydrogen (secondary N) is 1. The minimum absolute atomic E-state index is 0.0578. The Morgan fingerprint density at radius 2 is 2.07 bits per heavy atom. The van der Waals surface area contributed by atoms with Gasteiger partial charge in [0.2, 0.25) is 5.91 Å². The van der Waals surface area contributed by atoms with Crippen molar-refractivity contribution < 1.29 is 4.79 Å². The van der Waals surface area contributed by atoms with E-state index in [1.54, 1.807) is 0 Å². The summed E-state index contributed by atoms with van der Waals surface area (Å²) in [6, 6.07) is 9.49.